The van der Waals surface area contributed by atoms with Crippen molar-refractivity contribution in [3.8, 4) is 11.6 Å². The van der Waals surface area contributed by atoms with Crippen LogP contribution < -0.4 is 11.1 Å². The van der Waals surface area contributed by atoms with E-state index in [0.29, 0.717) is 28.5 Å². The third-order valence-corrected chi connectivity index (χ3v) is 4.70. The molecule has 0 atom stereocenters. The Balaban J connectivity index is 1.77. The molecule has 2 aromatic heterocycles. The number of amides is 1. The largest absolute Gasteiger partial charge is 0.453 e. The lowest BCUT2D eigenvalue weighted by atomic mass is 10.1. The molecule has 0 radical (unpaired) electrons. The van der Waals surface area contributed by atoms with Crippen molar-refractivity contribution in [2.45, 2.75) is 6.42 Å². The Hall–Kier alpha value is -3.45. The summed E-state index contributed by atoms with van der Waals surface area (Å²) in [5.74, 6) is 1.26. The van der Waals surface area contributed by atoms with Gasteiger partial charge in [-0.2, -0.15) is 0 Å². The van der Waals surface area contributed by atoms with Gasteiger partial charge in [0.25, 0.3) is 0 Å². The quantitative estimate of drug-likeness (QED) is 0.470. The van der Waals surface area contributed by atoms with Crippen molar-refractivity contribution < 1.29 is 9.21 Å². The fourth-order valence-electron chi connectivity index (χ4n) is 3.22. The van der Waals surface area contributed by atoms with Gasteiger partial charge in [-0.3, -0.25) is 4.79 Å². The number of fused-ring (bicyclic) bond motifs is 2. The molecule has 2 heterocycles. The molecule has 0 unspecified atom stereocenters. The van der Waals surface area contributed by atoms with Crippen molar-refractivity contribution >= 4 is 33.6 Å². The van der Waals surface area contributed by atoms with Crippen molar-refractivity contribution in [3.05, 3.63) is 54.1 Å². The lowest BCUT2D eigenvalue weighted by Crippen LogP contribution is -2.17. The highest BCUT2D eigenvalue weighted by molar-refractivity contribution is 5.99. The van der Waals surface area contributed by atoms with Crippen LogP contribution in [-0.2, 0) is 0 Å². The van der Waals surface area contributed by atoms with Crippen molar-refractivity contribution in [3.63, 3.8) is 0 Å². The highest BCUT2D eigenvalue weighted by atomic mass is 16.3. The van der Waals surface area contributed by atoms with Gasteiger partial charge >= 0.3 is 0 Å². The molecule has 29 heavy (non-hydrogen) atoms. The van der Waals surface area contributed by atoms with Crippen LogP contribution in [0.4, 0.5) is 5.82 Å². The van der Waals surface area contributed by atoms with E-state index in [1.54, 1.807) is 12.1 Å². The van der Waals surface area contributed by atoms with Crippen LogP contribution in [-0.4, -0.2) is 48.0 Å². The molecule has 4 aromatic rings. The summed E-state index contributed by atoms with van der Waals surface area (Å²) in [7, 11) is 4.09. The molecule has 0 spiro atoms. The number of rotatable bonds is 7. The zero-order valence-corrected chi connectivity index (χ0v) is 16.5. The molecule has 0 aliphatic carbocycles. The number of furan rings is 1. The first-order chi connectivity index (χ1) is 14.0. The van der Waals surface area contributed by atoms with Crippen LogP contribution in [0.2, 0.25) is 0 Å². The number of para-hydroxylation sites is 1. The van der Waals surface area contributed by atoms with Gasteiger partial charge in [0.1, 0.15) is 11.4 Å². The molecule has 1 amide bonds. The number of anilines is 1. The number of benzene rings is 2. The minimum absolute atomic E-state index is 0.408. The SMILES string of the molecule is CN(C)CCCNc1nc(-c2cc3ccccc3o2)nc2cc(C(N)=O)ccc12. The maximum absolute atomic E-state index is 11.6. The molecule has 7 heteroatoms. The van der Waals surface area contributed by atoms with Gasteiger partial charge in [0.15, 0.2) is 11.6 Å². The van der Waals surface area contributed by atoms with E-state index in [4.69, 9.17) is 15.1 Å². The lowest BCUT2D eigenvalue weighted by Gasteiger charge is -2.12. The van der Waals surface area contributed by atoms with Gasteiger partial charge in [-0.25, -0.2) is 9.97 Å². The van der Waals surface area contributed by atoms with E-state index in [1.165, 1.54) is 0 Å². The number of nitrogens with two attached hydrogens (primary N) is 1. The predicted octanol–water partition coefficient (Wildman–Crippen LogP) is 3.51. The molecule has 0 aliphatic rings. The Bertz CT molecular complexity index is 1150. The zero-order chi connectivity index (χ0) is 20.4. The van der Waals surface area contributed by atoms with Crippen molar-refractivity contribution in [2.75, 3.05) is 32.5 Å². The van der Waals surface area contributed by atoms with Gasteiger partial charge in [0.05, 0.1) is 5.52 Å². The molecule has 148 valence electrons. The Labute approximate surface area is 168 Å². The summed E-state index contributed by atoms with van der Waals surface area (Å²) >= 11 is 0. The van der Waals surface area contributed by atoms with Crippen LogP contribution in [0.15, 0.2) is 52.9 Å². The average molecular weight is 389 g/mol. The average Bonchev–Trinajstić information content (AvgIpc) is 3.14. The molecular weight excluding hydrogens is 366 g/mol. The number of hydrogen-bond donors (Lipinski definition) is 2. The van der Waals surface area contributed by atoms with Crippen LogP contribution >= 0.6 is 0 Å². The predicted molar refractivity (Wildman–Crippen MR) is 115 cm³/mol. The van der Waals surface area contributed by atoms with E-state index in [9.17, 15) is 4.79 Å². The smallest absolute Gasteiger partial charge is 0.248 e. The number of carbonyl (C=O) groups excluding carboxylic acids is 1. The summed E-state index contributed by atoms with van der Waals surface area (Å²) in [5.41, 5.74) is 7.27. The van der Waals surface area contributed by atoms with Gasteiger partial charge in [-0.05, 0) is 57.4 Å². The van der Waals surface area contributed by atoms with E-state index >= 15 is 0 Å². The minimum atomic E-state index is -0.490. The zero-order valence-electron chi connectivity index (χ0n) is 16.5. The second-order valence-electron chi connectivity index (χ2n) is 7.22. The molecule has 4 rings (SSSR count). The fourth-order valence-corrected chi connectivity index (χ4v) is 3.22. The second-order valence-corrected chi connectivity index (χ2v) is 7.22. The normalized spacial score (nSPS) is 11.4. The molecular formula is C22H23N5O2. The molecule has 0 saturated heterocycles. The van der Waals surface area contributed by atoms with Gasteiger partial charge in [-0.1, -0.05) is 18.2 Å². The Morgan fingerprint density at radius 1 is 1.14 bits per heavy atom. The third kappa shape index (κ3) is 4.05. The Morgan fingerprint density at radius 2 is 1.97 bits per heavy atom. The van der Waals surface area contributed by atoms with E-state index in [-0.39, 0.29) is 0 Å². The third-order valence-electron chi connectivity index (χ3n) is 4.70. The summed E-state index contributed by atoms with van der Waals surface area (Å²) in [6.07, 6.45) is 0.970. The summed E-state index contributed by atoms with van der Waals surface area (Å²) in [6, 6.07) is 14.9. The van der Waals surface area contributed by atoms with Crippen LogP contribution in [0, 0.1) is 0 Å². The number of carbonyl (C=O) groups is 1. The number of nitrogens with one attached hydrogen (secondary N) is 1. The number of aromatic nitrogens is 2. The van der Waals surface area contributed by atoms with Gasteiger partial charge in [0, 0.05) is 22.9 Å². The van der Waals surface area contributed by atoms with Gasteiger partial charge in [-0.15, -0.1) is 0 Å². The lowest BCUT2D eigenvalue weighted by molar-refractivity contribution is 0.100. The first kappa shape index (κ1) is 18.9. The summed E-state index contributed by atoms with van der Waals surface area (Å²) < 4.78 is 5.94. The number of nitrogens with zero attached hydrogens (tertiary/aromatic N) is 3. The van der Waals surface area contributed by atoms with Crippen LogP contribution in [0.1, 0.15) is 16.8 Å². The molecule has 0 saturated carbocycles. The van der Waals surface area contributed by atoms with E-state index in [1.807, 2.05) is 50.5 Å². The Kier molecular flexibility index (Phi) is 5.14. The molecule has 3 N–H and O–H groups in total. The van der Waals surface area contributed by atoms with Crippen LogP contribution in [0.25, 0.3) is 33.5 Å². The van der Waals surface area contributed by atoms with E-state index in [2.05, 4.69) is 15.2 Å². The maximum Gasteiger partial charge on any atom is 0.248 e. The van der Waals surface area contributed by atoms with Crippen molar-refractivity contribution in [2.24, 2.45) is 5.73 Å². The van der Waals surface area contributed by atoms with Gasteiger partial charge < -0.3 is 20.4 Å². The summed E-state index contributed by atoms with van der Waals surface area (Å²) in [6.45, 7) is 1.74. The highest BCUT2D eigenvalue weighted by Crippen LogP contribution is 2.29. The van der Waals surface area contributed by atoms with Crippen LogP contribution in [0.3, 0.4) is 0 Å². The number of primary amides is 1. The number of hydrogen-bond acceptors (Lipinski definition) is 6. The van der Waals surface area contributed by atoms with E-state index < -0.39 is 5.91 Å². The van der Waals surface area contributed by atoms with Crippen molar-refractivity contribution in [1.29, 1.82) is 0 Å². The highest BCUT2D eigenvalue weighted by Gasteiger charge is 2.14. The molecule has 0 bridgehead atoms. The minimum Gasteiger partial charge on any atom is -0.453 e. The standard InChI is InChI=1S/C22H23N5O2/c1-27(2)11-5-10-24-21-16-9-8-15(20(23)28)12-17(16)25-22(26-21)19-13-14-6-3-4-7-18(14)29-19/h3-4,6-9,12-13H,5,10-11H2,1-2H3,(H2,23,28)(H,24,25,26). The molecule has 0 aliphatic heterocycles. The van der Waals surface area contributed by atoms with Gasteiger partial charge in [0.2, 0.25) is 5.91 Å². The molecule has 0 fully saturated rings. The Morgan fingerprint density at radius 3 is 2.72 bits per heavy atom. The van der Waals surface area contributed by atoms with Crippen LogP contribution in [0.5, 0.6) is 0 Å². The summed E-state index contributed by atoms with van der Waals surface area (Å²) in [5, 5.41) is 5.22. The topological polar surface area (TPSA) is 97.3 Å². The monoisotopic (exact) mass is 389 g/mol. The molecule has 2 aromatic carbocycles. The van der Waals surface area contributed by atoms with E-state index in [0.717, 1.165) is 35.9 Å². The second kappa shape index (κ2) is 7.89. The fraction of sp³-hybridized carbons (Fsp3) is 0.227. The molecule has 7 nitrogen and oxygen atoms in total. The summed E-state index contributed by atoms with van der Waals surface area (Å²) in [4.78, 5) is 23.1. The first-order valence-electron chi connectivity index (χ1n) is 9.50. The first-order valence-corrected chi connectivity index (χ1v) is 9.50. The maximum atomic E-state index is 11.6. The van der Waals surface area contributed by atoms with Crippen molar-refractivity contribution in [1.82, 2.24) is 14.9 Å².